The van der Waals surface area contributed by atoms with Crippen molar-refractivity contribution in [2.75, 3.05) is 5.73 Å². The van der Waals surface area contributed by atoms with E-state index >= 15 is 0 Å². The van der Waals surface area contributed by atoms with Crippen LogP contribution in [-0.2, 0) is 0 Å². The fourth-order valence-electron chi connectivity index (χ4n) is 1.05. The van der Waals surface area contributed by atoms with E-state index in [4.69, 9.17) is 10.5 Å². The molecule has 2 aromatic heterocycles. The number of hydrogen-bond donors (Lipinski definition) is 1. The summed E-state index contributed by atoms with van der Waals surface area (Å²) >= 11 is 0. The number of ether oxygens (including phenoxy) is 1. The molecule has 2 rings (SSSR count). The first-order valence-electron chi connectivity index (χ1n) is 4.46. The fraction of sp³-hybridized carbons (Fsp3) is 0. The van der Waals surface area contributed by atoms with Crippen LogP contribution in [0.15, 0.2) is 36.8 Å². The van der Waals surface area contributed by atoms with E-state index < -0.39 is 5.97 Å². The zero-order valence-corrected chi connectivity index (χ0v) is 8.20. The minimum absolute atomic E-state index is 0.0284. The van der Waals surface area contributed by atoms with E-state index in [1.807, 2.05) is 0 Å². The van der Waals surface area contributed by atoms with Crippen LogP contribution in [0.5, 0.6) is 5.75 Å². The Hall–Kier alpha value is -2.50. The molecule has 0 bridgehead atoms. The van der Waals surface area contributed by atoms with Crippen molar-refractivity contribution in [1.29, 1.82) is 0 Å². The molecular formula is C10H8N4O2. The monoisotopic (exact) mass is 216 g/mol. The molecule has 0 aliphatic heterocycles. The van der Waals surface area contributed by atoms with E-state index in [0.717, 1.165) is 0 Å². The fourth-order valence-corrected chi connectivity index (χ4v) is 1.05. The Kier molecular flexibility index (Phi) is 2.73. The van der Waals surface area contributed by atoms with Gasteiger partial charge < -0.3 is 10.5 Å². The van der Waals surface area contributed by atoms with Gasteiger partial charge in [0.2, 0.25) is 5.95 Å². The Bertz CT molecular complexity index is 501. The summed E-state index contributed by atoms with van der Waals surface area (Å²) < 4.78 is 5.01. The lowest BCUT2D eigenvalue weighted by molar-refractivity contribution is 0.0728. The molecule has 0 unspecified atom stereocenters. The van der Waals surface area contributed by atoms with Crippen LogP contribution in [0, 0.1) is 0 Å². The zero-order valence-electron chi connectivity index (χ0n) is 8.20. The van der Waals surface area contributed by atoms with Crippen molar-refractivity contribution < 1.29 is 9.53 Å². The first-order valence-corrected chi connectivity index (χ1v) is 4.46. The number of aromatic nitrogens is 3. The van der Waals surface area contributed by atoms with Crippen molar-refractivity contribution in [3.05, 3.63) is 42.5 Å². The molecule has 0 spiro atoms. The van der Waals surface area contributed by atoms with Crippen molar-refractivity contribution in [3.8, 4) is 5.75 Å². The summed E-state index contributed by atoms with van der Waals surface area (Å²) in [5, 5.41) is 0. The number of pyridine rings is 1. The van der Waals surface area contributed by atoms with Gasteiger partial charge in [-0.3, -0.25) is 4.98 Å². The zero-order chi connectivity index (χ0) is 11.4. The standard InChI is InChI=1S/C10H8N4O2/c11-10-13-5-3-8(14-10)9(15)16-7-2-1-4-12-6-7/h1-6H,(H2,11,13,14). The van der Waals surface area contributed by atoms with E-state index in [1.165, 1.54) is 18.5 Å². The maximum atomic E-state index is 11.6. The minimum Gasteiger partial charge on any atom is -0.420 e. The molecule has 0 saturated carbocycles. The van der Waals surface area contributed by atoms with Crippen molar-refractivity contribution in [3.63, 3.8) is 0 Å². The van der Waals surface area contributed by atoms with Gasteiger partial charge in [-0.1, -0.05) is 0 Å². The lowest BCUT2D eigenvalue weighted by atomic mass is 10.4. The van der Waals surface area contributed by atoms with Crippen LogP contribution in [-0.4, -0.2) is 20.9 Å². The molecule has 0 saturated heterocycles. The molecule has 0 fully saturated rings. The van der Waals surface area contributed by atoms with Crippen LogP contribution >= 0.6 is 0 Å². The lowest BCUT2D eigenvalue weighted by Crippen LogP contribution is -2.12. The Morgan fingerprint density at radius 2 is 2.19 bits per heavy atom. The first kappa shape index (κ1) is 10.0. The normalized spacial score (nSPS) is 9.75. The number of hydrogen-bond acceptors (Lipinski definition) is 6. The van der Waals surface area contributed by atoms with Gasteiger partial charge in [-0.05, 0) is 18.2 Å². The van der Waals surface area contributed by atoms with E-state index in [9.17, 15) is 4.79 Å². The van der Waals surface area contributed by atoms with Gasteiger partial charge in [0.1, 0.15) is 5.75 Å². The van der Waals surface area contributed by atoms with Gasteiger partial charge in [-0.15, -0.1) is 0 Å². The summed E-state index contributed by atoms with van der Waals surface area (Å²) in [4.78, 5) is 22.8. The number of nitrogens with zero attached hydrogens (tertiary/aromatic N) is 3. The maximum absolute atomic E-state index is 11.6. The van der Waals surface area contributed by atoms with Crippen molar-refractivity contribution in [2.45, 2.75) is 0 Å². The van der Waals surface area contributed by atoms with Crippen LogP contribution in [0.1, 0.15) is 10.5 Å². The number of anilines is 1. The Labute approximate surface area is 91.1 Å². The highest BCUT2D eigenvalue weighted by atomic mass is 16.5. The number of carbonyl (C=O) groups excluding carboxylic acids is 1. The Balaban J connectivity index is 2.15. The molecule has 0 aliphatic rings. The smallest absolute Gasteiger partial charge is 0.362 e. The topological polar surface area (TPSA) is 91.0 Å². The number of nitrogen functional groups attached to an aromatic ring is 1. The quantitative estimate of drug-likeness (QED) is 0.742. The SMILES string of the molecule is Nc1nccc(C(=O)Oc2cccnc2)n1. The molecule has 0 aliphatic carbocycles. The summed E-state index contributed by atoms with van der Waals surface area (Å²) in [6.45, 7) is 0. The molecule has 2 aromatic rings. The van der Waals surface area contributed by atoms with Crippen LogP contribution in [0.25, 0.3) is 0 Å². The maximum Gasteiger partial charge on any atom is 0.362 e. The summed E-state index contributed by atoms with van der Waals surface area (Å²) in [5.74, 6) is -0.215. The Morgan fingerprint density at radius 1 is 1.31 bits per heavy atom. The predicted octanol–water partition coefficient (Wildman–Crippen LogP) is 0.673. The summed E-state index contributed by atoms with van der Waals surface area (Å²) in [7, 11) is 0. The highest BCUT2D eigenvalue weighted by molar-refractivity contribution is 5.89. The summed E-state index contributed by atoms with van der Waals surface area (Å²) in [5.41, 5.74) is 5.46. The number of esters is 1. The molecule has 0 radical (unpaired) electrons. The van der Waals surface area contributed by atoms with E-state index in [1.54, 1.807) is 18.3 Å². The molecule has 2 heterocycles. The largest absolute Gasteiger partial charge is 0.420 e. The van der Waals surface area contributed by atoms with Gasteiger partial charge in [0.05, 0.1) is 6.20 Å². The van der Waals surface area contributed by atoms with E-state index in [2.05, 4.69) is 15.0 Å². The third kappa shape index (κ3) is 2.30. The third-order valence-electron chi connectivity index (χ3n) is 1.73. The molecule has 6 nitrogen and oxygen atoms in total. The second-order valence-electron chi connectivity index (χ2n) is 2.88. The van der Waals surface area contributed by atoms with Crippen molar-refractivity contribution in [1.82, 2.24) is 15.0 Å². The van der Waals surface area contributed by atoms with Crippen LogP contribution in [0.3, 0.4) is 0 Å². The first-order chi connectivity index (χ1) is 7.75. The number of carbonyl (C=O) groups is 1. The van der Waals surface area contributed by atoms with Crippen molar-refractivity contribution >= 4 is 11.9 Å². The highest BCUT2D eigenvalue weighted by Crippen LogP contribution is 2.09. The molecule has 2 N–H and O–H groups in total. The molecule has 6 heteroatoms. The molecule has 0 aromatic carbocycles. The molecule has 16 heavy (non-hydrogen) atoms. The van der Waals surface area contributed by atoms with Crippen LogP contribution in [0.4, 0.5) is 5.95 Å². The third-order valence-corrected chi connectivity index (χ3v) is 1.73. The highest BCUT2D eigenvalue weighted by Gasteiger charge is 2.10. The molecule has 80 valence electrons. The van der Waals surface area contributed by atoms with Crippen molar-refractivity contribution in [2.24, 2.45) is 0 Å². The summed E-state index contributed by atoms with van der Waals surface area (Å²) in [6, 6.07) is 4.71. The van der Waals surface area contributed by atoms with Gasteiger partial charge in [0, 0.05) is 12.4 Å². The van der Waals surface area contributed by atoms with Crippen LogP contribution in [0.2, 0.25) is 0 Å². The minimum atomic E-state index is -0.595. The van der Waals surface area contributed by atoms with Gasteiger partial charge >= 0.3 is 5.97 Å². The average Bonchev–Trinajstić information content (AvgIpc) is 2.30. The molecule has 0 atom stereocenters. The number of rotatable bonds is 2. The summed E-state index contributed by atoms with van der Waals surface area (Å²) in [6.07, 6.45) is 4.41. The second-order valence-corrected chi connectivity index (χ2v) is 2.88. The molecular weight excluding hydrogens is 208 g/mol. The number of nitrogens with two attached hydrogens (primary N) is 1. The predicted molar refractivity (Wildman–Crippen MR) is 55.6 cm³/mol. The van der Waals surface area contributed by atoms with Gasteiger partial charge in [-0.25, -0.2) is 14.8 Å². The van der Waals surface area contributed by atoms with Gasteiger partial charge in [0.15, 0.2) is 5.69 Å². The van der Waals surface area contributed by atoms with Crippen LogP contribution < -0.4 is 10.5 Å². The Morgan fingerprint density at radius 3 is 2.88 bits per heavy atom. The van der Waals surface area contributed by atoms with Gasteiger partial charge in [0.25, 0.3) is 0 Å². The lowest BCUT2D eigenvalue weighted by Gasteiger charge is -2.02. The second kappa shape index (κ2) is 4.35. The van der Waals surface area contributed by atoms with Gasteiger partial charge in [-0.2, -0.15) is 0 Å². The van der Waals surface area contributed by atoms with E-state index in [0.29, 0.717) is 5.75 Å². The molecule has 0 amide bonds. The average molecular weight is 216 g/mol. The van der Waals surface area contributed by atoms with E-state index in [-0.39, 0.29) is 11.6 Å².